The van der Waals surface area contributed by atoms with Crippen molar-refractivity contribution in [2.24, 2.45) is 5.92 Å². The molecule has 2 aromatic rings. The molecule has 0 atom stereocenters. The van der Waals surface area contributed by atoms with Gasteiger partial charge in [-0.3, -0.25) is 14.4 Å². The lowest BCUT2D eigenvalue weighted by Gasteiger charge is -2.31. The molecular weight excluding hydrogens is 382 g/mol. The first-order valence-electron chi connectivity index (χ1n) is 9.14. The van der Waals surface area contributed by atoms with Gasteiger partial charge in [-0.15, -0.1) is 0 Å². The van der Waals surface area contributed by atoms with Gasteiger partial charge in [0, 0.05) is 29.6 Å². The van der Waals surface area contributed by atoms with Crippen LogP contribution in [-0.4, -0.2) is 42.3 Å². The van der Waals surface area contributed by atoms with E-state index < -0.39 is 0 Å². The van der Waals surface area contributed by atoms with Gasteiger partial charge in [-0.1, -0.05) is 17.7 Å². The molecule has 2 heterocycles. The van der Waals surface area contributed by atoms with Gasteiger partial charge in [-0.2, -0.15) is 0 Å². The maximum absolute atomic E-state index is 12.3. The van der Waals surface area contributed by atoms with Crippen LogP contribution >= 0.6 is 11.6 Å². The summed E-state index contributed by atoms with van der Waals surface area (Å²) in [6.07, 6.45) is 2.76. The molecule has 1 aromatic carbocycles. The highest BCUT2D eigenvalue weighted by molar-refractivity contribution is 6.30. The van der Waals surface area contributed by atoms with Crippen LogP contribution in [0.25, 0.3) is 0 Å². The number of nitrogens with one attached hydrogen (secondary N) is 2. The summed E-state index contributed by atoms with van der Waals surface area (Å²) >= 11 is 5.87. The third-order valence-corrected chi connectivity index (χ3v) is 4.96. The largest absolute Gasteiger partial charge is 0.467 e. The minimum absolute atomic E-state index is 0.0299. The maximum atomic E-state index is 12.3. The van der Waals surface area contributed by atoms with Crippen LogP contribution in [0, 0.1) is 5.92 Å². The van der Waals surface area contributed by atoms with Gasteiger partial charge in [-0.25, -0.2) is 0 Å². The summed E-state index contributed by atoms with van der Waals surface area (Å²) in [4.78, 5) is 38.3. The number of likely N-dealkylation sites (tertiary alicyclic amines) is 1. The van der Waals surface area contributed by atoms with Crippen molar-refractivity contribution < 1.29 is 18.8 Å². The third kappa shape index (κ3) is 5.36. The van der Waals surface area contributed by atoms with Gasteiger partial charge in [0.1, 0.15) is 5.76 Å². The molecule has 7 nitrogen and oxygen atoms in total. The maximum Gasteiger partial charge on any atom is 0.251 e. The normalized spacial score (nSPS) is 14.5. The molecule has 2 N–H and O–H groups in total. The lowest BCUT2D eigenvalue weighted by molar-refractivity contribution is -0.134. The zero-order chi connectivity index (χ0) is 19.9. The lowest BCUT2D eigenvalue weighted by Crippen LogP contribution is -2.46. The Morgan fingerprint density at radius 2 is 1.89 bits per heavy atom. The Kier molecular flexibility index (Phi) is 6.71. The molecule has 1 fully saturated rings. The van der Waals surface area contributed by atoms with E-state index in [4.69, 9.17) is 16.0 Å². The van der Waals surface area contributed by atoms with Gasteiger partial charge in [0.05, 0.1) is 19.4 Å². The van der Waals surface area contributed by atoms with Crippen LogP contribution in [0.15, 0.2) is 47.1 Å². The molecule has 0 radical (unpaired) electrons. The molecule has 0 unspecified atom stereocenters. The van der Waals surface area contributed by atoms with Crippen LogP contribution < -0.4 is 10.6 Å². The van der Waals surface area contributed by atoms with E-state index in [1.165, 1.54) is 0 Å². The topological polar surface area (TPSA) is 91.7 Å². The Morgan fingerprint density at radius 3 is 2.57 bits per heavy atom. The highest BCUT2D eigenvalue weighted by Gasteiger charge is 2.27. The summed E-state index contributed by atoms with van der Waals surface area (Å²) in [5.74, 6) is 0.0436. The molecule has 1 saturated heterocycles. The SMILES string of the molecule is O=C(NCC(=O)N1CCC(C(=O)NCc2ccco2)CC1)c1cccc(Cl)c1. The summed E-state index contributed by atoms with van der Waals surface area (Å²) in [6.45, 7) is 1.26. The van der Waals surface area contributed by atoms with Crippen LogP contribution in [-0.2, 0) is 16.1 Å². The molecule has 1 aromatic heterocycles. The molecule has 148 valence electrons. The number of rotatable bonds is 6. The van der Waals surface area contributed by atoms with Gasteiger partial charge in [0.2, 0.25) is 11.8 Å². The second-order valence-corrected chi connectivity index (χ2v) is 7.08. The predicted molar refractivity (Wildman–Crippen MR) is 104 cm³/mol. The second kappa shape index (κ2) is 9.41. The fourth-order valence-corrected chi connectivity index (χ4v) is 3.31. The second-order valence-electron chi connectivity index (χ2n) is 6.65. The van der Waals surface area contributed by atoms with E-state index in [0.29, 0.717) is 48.8 Å². The standard InChI is InChI=1S/C20H22ClN3O4/c21-16-4-1-3-15(11-16)20(27)23-13-18(25)24-8-6-14(7-9-24)19(26)22-12-17-5-2-10-28-17/h1-5,10-11,14H,6-9,12-13H2,(H,22,26)(H,23,27). The summed E-state index contributed by atoms with van der Waals surface area (Å²) in [5.41, 5.74) is 0.409. The van der Waals surface area contributed by atoms with Crippen molar-refractivity contribution in [2.45, 2.75) is 19.4 Å². The van der Waals surface area contributed by atoms with E-state index in [9.17, 15) is 14.4 Å². The average Bonchev–Trinajstić information content (AvgIpc) is 3.23. The van der Waals surface area contributed by atoms with Crippen molar-refractivity contribution in [1.29, 1.82) is 0 Å². The monoisotopic (exact) mass is 403 g/mol. The van der Waals surface area contributed by atoms with Crippen molar-refractivity contribution >= 4 is 29.3 Å². The molecule has 0 aliphatic carbocycles. The molecule has 3 rings (SSSR count). The smallest absolute Gasteiger partial charge is 0.251 e. The van der Waals surface area contributed by atoms with Crippen molar-refractivity contribution in [3.8, 4) is 0 Å². The summed E-state index contributed by atoms with van der Waals surface area (Å²) in [6, 6.07) is 10.1. The van der Waals surface area contributed by atoms with Crippen molar-refractivity contribution in [3.05, 3.63) is 59.0 Å². The molecule has 8 heteroatoms. The molecule has 0 spiro atoms. The summed E-state index contributed by atoms with van der Waals surface area (Å²) < 4.78 is 5.19. The van der Waals surface area contributed by atoms with Crippen LogP contribution in [0.5, 0.6) is 0 Å². The molecule has 1 aliphatic rings. The molecule has 0 saturated carbocycles. The highest BCUT2D eigenvalue weighted by Crippen LogP contribution is 2.18. The average molecular weight is 404 g/mol. The molecule has 3 amide bonds. The Bertz CT molecular complexity index is 830. The first-order valence-corrected chi connectivity index (χ1v) is 9.52. The van der Waals surface area contributed by atoms with Crippen molar-refractivity contribution in [2.75, 3.05) is 19.6 Å². The van der Waals surface area contributed by atoms with Gasteiger partial charge in [0.15, 0.2) is 0 Å². The Hall–Kier alpha value is -2.80. The van der Waals surface area contributed by atoms with Crippen molar-refractivity contribution in [1.82, 2.24) is 15.5 Å². The summed E-state index contributed by atoms with van der Waals surface area (Å²) in [5, 5.41) is 5.94. The molecule has 28 heavy (non-hydrogen) atoms. The number of furan rings is 1. The number of carbonyl (C=O) groups excluding carboxylic acids is 3. The van der Waals surface area contributed by atoms with Crippen LogP contribution in [0.2, 0.25) is 5.02 Å². The van der Waals surface area contributed by atoms with Crippen LogP contribution in [0.4, 0.5) is 0 Å². The fraction of sp³-hybridized carbons (Fsp3) is 0.350. The number of benzene rings is 1. The number of piperidine rings is 1. The van der Waals surface area contributed by atoms with E-state index in [-0.39, 0.29) is 30.2 Å². The zero-order valence-corrected chi connectivity index (χ0v) is 16.1. The zero-order valence-electron chi connectivity index (χ0n) is 15.3. The molecule has 0 bridgehead atoms. The minimum atomic E-state index is -0.344. The van der Waals surface area contributed by atoms with E-state index in [0.717, 1.165) is 0 Å². The fourth-order valence-electron chi connectivity index (χ4n) is 3.12. The van der Waals surface area contributed by atoms with Gasteiger partial charge < -0.3 is 20.0 Å². The molecular formula is C20H22ClN3O4. The van der Waals surface area contributed by atoms with Crippen LogP contribution in [0.1, 0.15) is 29.0 Å². The quantitative estimate of drug-likeness (QED) is 0.773. The molecule has 1 aliphatic heterocycles. The minimum Gasteiger partial charge on any atom is -0.467 e. The number of hydrogen-bond acceptors (Lipinski definition) is 4. The van der Waals surface area contributed by atoms with Crippen molar-refractivity contribution in [3.63, 3.8) is 0 Å². The Morgan fingerprint density at radius 1 is 1.11 bits per heavy atom. The first kappa shape index (κ1) is 19.9. The first-order chi connectivity index (χ1) is 13.5. The Labute approximate surface area is 168 Å². The Balaban J connectivity index is 1.39. The number of hydrogen-bond donors (Lipinski definition) is 2. The third-order valence-electron chi connectivity index (χ3n) is 4.72. The number of amides is 3. The number of nitrogens with zero attached hydrogens (tertiary/aromatic N) is 1. The van der Waals surface area contributed by atoms with E-state index >= 15 is 0 Å². The summed E-state index contributed by atoms with van der Waals surface area (Å²) in [7, 11) is 0. The highest BCUT2D eigenvalue weighted by atomic mass is 35.5. The van der Waals surface area contributed by atoms with E-state index in [2.05, 4.69) is 10.6 Å². The number of carbonyl (C=O) groups is 3. The lowest BCUT2D eigenvalue weighted by atomic mass is 9.96. The number of halogens is 1. The van der Waals surface area contributed by atoms with Gasteiger partial charge in [-0.05, 0) is 43.2 Å². The predicted octanol–water partition coefficient (Wildman–Crippen LogP) is 2.22. The van der Waals surface area contributed by atoms with Crippen LogP contribution in [0.3, 0.4) is 0 Å². The van der Waals surface area contributed by atoms with E-state index in [1.807, 2.05) is 0 Å². The van der Waals surface area contributed by atoms with Gasteiger partial charge in [0.25, 0.3) is 5.91 Å². The van der Waals surface area contributed by atoms with Gasteiger partial charge >= 0.3 is 0 Å². The van der Waals surface area contributed by atoms with E-state index in [1.54, 1.807) is 47.6 Å².